The summed E-state index contributed by atoms with van der Waals surface area (Å²) in [4.78, 5) is 2.39. The van der Waals surface area contributed by atoms with Crippen molar-refractivity contribution in [1.82, 2.24) is 15.1 Å². The van der Waals surface area contributed by atoms with E-state index in [1.165, 1.54) is 0 Å². The second-order valence-electron chi connectivity index (χ2n) is 7.09. The van der Waals surface area contributed by atoms with E-state index in [0.717, 1.165) is 48.7 Å². The topological polar surface area (TPSA) is 71.6 Å². The largest absolute Gasteiger partial charge is 0.508 e. The molecule has 6 nitrogen and oxygen atoms in total. The van der Waals surface area contributed by atoms with E-state index in [2.05, 4.69) is 35.9 Å². The van der Waals surface area contributed by atoms with E-state index in [9.17, 15) is 5.11 Å². The minimum Gasteiger partial charge on any atom is -0.508 e. The number of benzene rings is 2. The SMILES string of the molecule is CCSC(c1nnc(-c2ccc(OCCCN(CC)CC)cc2)o1)c1ccccc1O. The molecule has 0 aliphatic carbocycles. The van der Waals surface area contributed by atoms with Crippen LogP contribution in [0.2, 0.25) is 0 Å². The van der Waals surface area contributed by atoms with Gasteiger partial charge >= 0.3 is 0 Å². The van der Waals surface area contributed by atoms with Gasteiger partial charge in [0.1, 0.15) is 16.7 Å². The van der Waals surface area contributed by atoms with Crippen LogP contribution in [-0.4, -0.2) is 52.2 Å². The maximum atomic E-state index is 10.3. The lowest BCUT2D eigenvalue weighted by atomic mass is 10.1. The Balaban J connectivity index is 1.64. The van der Waals surface area contributed by atoms with Crippen LogP contribution < -0.4 is 4.74 Å². The zero-order valence-electron chi connectivity index (χ0n) is 18.5. The number of para-hydroxylation sites is 1. The molecule has 1 N–H and O–H groups in total. The summed E-state index contributed by atoms with van der Waals surface area (Å²) in [5, 5.41) is 18.5. The molecule has 0 amide bonds. The van der Waals surface area contributed by atoms with E-state index in [-0.39, 0.29) is 11.0 Å². The zero-order chi connectivity index (χ0) is 22.1. The van der Waals surface area contributed by atoms with Crippen LogP contribution in [0, 0.1) is 0 Å². The summed E-state index contributed by atoms with van der Waals surface area (Å²) in [5.74, 6) is 2.87. The zero-order valence-corrected chi connectivity index (χ0v) is 19.3. The Labute approximate surface area is 188 Å². The number of hydrogen-bond acceptors (Lipinski definition) is 7. The van der Waals surface area contributed by atoms with E-state index in [0.29, 0.717) is 18.4 Å². The third-order valence-electron chi connectivity index (χ3n) is 5.10. The summed E-state index contributed by atoms with van der Waals surface area (Å²) in [6, 6.07) is 15.0. The summed E-state index contributed by atoms with van der Waals surface area (Å²) in [5.41, 5.74) is 1.62. The molecular formula is C24H31N3O3S. The molecule has 1 aromatic heterocycles. The van der Waals surface area contributed by atoms with Crippen LogP contribution in [0.25, 0.3) is 11.5 Å². The highest BCUT2D eigenvalue weighted by Gasteiger charge is 2.23. The maximum Gasteiger partial charge on any atom is 0.247 e. The Morgan fingerprint density at radius 1 is 1.03 bits per heavy atom. The Morgan fingerprint density at radius 3 is 2.45 bits per heavy atom. The summed E-state index contributed by atoms with van der Waals surface area (Å²) in [6.07, 6.45) is 0.999. The molecule has 1 atom stereocenters. The molecule has 0 saturated heterocycles. The minimum absolute atomic E-state index is 0.208. The highest BCUT2D eigenvalue weighted by Crippen LogP contribution is 2.39. The van der Waals surface area contributed by atoms with Crippen LogP contribution in [0.5, 0.6) is 11.5 Å². The fraction of sp³-hybridized carbons (Fsp3) is 0.417. The first-order valence-corrected chi connectivity index (χ1v) is 11.9. The number of thioether (sulfide) groups is 1. The van der Waals surface area contributed by atoms with Crippen molar-refractivity contribution in [1.29, 1.82) is 0 Å². The van der Waals surface area contributed by atoms with Gasteiger partial charge in [0, 0.05) is 17.7 Å². The number of rotatable bonds is 12. The number of aromatic hydroxyl groups is 1. The van der Waals surface area contributed by atoms with Gasteiger partial charge in [-0.15, -0.1) is 22.0 Å². The van der Waals surface area contributed by atoms with Crippen molar-refractivity contribution in [2.24, 2.45) is 0 Å². The third-order valence-corrected chi connectivity index (χ3v) is 6.22. The molecule has 0 bridgehead atoms. The van der Waals surface area contributed by atoms with Gasteiger partial charge in [0.05, 0.1) is 6.61 Å². The highest BCUT2D eigenvalue weighted by atomic mass is 32.2. The van der Waals surface area contributed by atoms with Crippen LogP contribution in [0.15, 0.2) is 52.9 Å². The van der Waals surface area contributed by atoms with Gasteiger partial charge < -0.3 is 19.2 Å². The summed E-state index contributed by atoms with van der Waals surface area (Å²) < 4.78 is 11.8. The lowest BCUT2D eigenvalue weighted by Gasteiger charge is -2.17. The molecule has 0 saturated carbocycles. The van der Waals surface area contributed by atoms with E-state index in [4.69, 9.17) is 9.15 Å². The molecular weight excluding hydrogens is 410 g/mol. The van der Waals surface area contributed by atoms with Crippen molar-refractivity contribution >= 4 is 11.8 Å². The smallest absolute Gasteiger partial charge is 0.247 e. The fourth-order valence-electron chi connectivity index (χ4n) is 3.34. The summed E-state index contributed by atoms with van der Waals surface area (Å²) in [6.45, 7) is 10.3. The van der Waals surface area contributed by atoms with Gasteiger partial charge in [-0.1, -0.05) is 39.0 Å². The first kappa shape index (κ1) is 23.2. The Kier molecular flexibility index (Phi) is 8.79. The number of phenols is 1. The molecule has 1 unspecified atom stereocenters. The van der Waals surface area contributed by atoms with E-state index >= 15 is 0 Å². The number of hydrogen-bond donors (Lipinski definition) is 1. The minimum atomic E-state index is -0.208. The molecule has 3 rings (SSSR count). The predicted octanol–water partition coefficient (Wildman–Crippen LogP) is 5.40. The van der Waals surface area contributed by atoms with Crippen molar-refractivity contribution in [3.63, 3.8) is 0 Å². The number of aromatic nitrogens is 2. The molecule has 3 aromatic rings. The van der Waals surface area contributed by atoms with Gasteiger partial charge in [0.25, 0.3) is 0 Å². The monoisotopic (exact) mass is 441 g/mol. The molecule has 0 aliphatic rings. The Hall–Kier alpha value is -2.51. The Morgan fingerprint density at radius 2 is 1.77 bits per heavy atom. The summed E-state index contributed by atoms with van der Waals surface area (Å²) >= 11 is 1.64. The van der Waals surface area contributed by atoms with Crippen LogP contribution >= 0.6 is 11.8 Å². The third kappa shape index (κ3) is 6.24. The average molecular weight is 442 g/mol. The molecule has 0 aliphatic heterocycles. The molecule has 1 heterocycles. The first-order valence-electron chi connectivity index (χ1n) is 10.8. The second-order valence-corrected chi connectivity index (χ2v) is 8.48. The molecule has 31 heavy (non-hydrogen) atoms. The van der Waals surface area contributed by atoms with Crippen LogP contribution in [-0.2, 0) is 0 Å². The molecule has 7 heteroatoms. The van der Waals surface area contributed by atoms with Crippen LogP contribution in [0.4, 0.5) is 0 Å². The highest BCUT2D eigenvalue weighted by molar-refractivity contribution is 7.99. The van der Waals surface area contributed by atoms with Gasteiger partial charge in [-0.05, 0) is 55.6 Å². The van der Waals surface area contributed by atoms with Gasteiger partial charge in [-0.25, -0.2) is 0 Å². The normalized spacial score (nSPS) is 12.3. The fourth-order valence-corrected chi connectivity index (χ4v) is 4.29. The predicted molar refractivity (Wildman–Crippen MR) is 126 cm³/mol. The van der Waals surface area contributed by atoms with Crippen molar-refractivity contribution in [2.75, 3.05) is 32.0 Å². The molecule has 0 fully saturated rings. The van der Waals surface area contributed by atoms with Crippen molar-refractivity contribution in [2.45, 2.75) is 32.4 Å². The standard InChI is InChI=1S/C24H31N3O3S/c1-4-27(5-2)16-9-17-29-19-14-12-18(13-15-19)23-25-26-24(30-23)22(31-6-3)20-10-7-8-11-21(20)28/h7-8,10-15,22,28H,4-6,9,16-17H2,1-3H3. The van der Waals surface area contributed by atoms with Gasteiger partial charge in [-0.2, -0.15) is 0 Å². The Bertz CT molecular complexity index is 926. The van der Waals surface area contributed by atoms with Crippen LogP contribution in [0.3, 0.4) is 0 Å². The molecule has 166 valence electrons. The van der Waals surface area contributed by atoms with Gasteiger partial charge in [0.2, 0.25) is 11.8 Å². The molecule has 2 aromatic carbocycles. The maximum absolute atomic E-state index is 10.3. The summed E-state index contributed by atoms with van der Waals surface area (Å²) in [7, 11) is 0. The van der Waals surface area contributed by atoms with E-state index < -0.39 is 0 Å². The molecule has 0 radical (unpaired) electrons. The second kappa shape index (κ2) is 11.8. The quantitative estimate of drug-likeness (QED) is 0.378. The van der Waals surface area contributed by atoms with E-state index in [1.807, 2.05) is 36.4 Å². The first-order chi connectivity index (χ1) is 15.2. The average Bonchev–Trinajstić information content (AvgIpc) is 3.28. The number of phenolic OH excluding ortho intramolecular Hbond substituents is 1. The lowest BCUT2D eigenvalue weighted by Crippen LogP contribution is -2.25. The van der Waals surface area contributed by atoms with Gasteiger partial charge in [-0.3, -0.25) is 0 Å². The van der Waals surface area contributed by atoms with E-state index in [1.54, 1.807) is 23.9 Å². The van der Waals surface area contributed by atoms with Crippen molar-refractivity contribution in [3.05, 3.63) is 60.0 Å². The van der Waals surface area contributed by atoms with Gasteiger partial charge in [0.15, 0.2) is 0 Å². The van der Waals surface area contributed by atoms with Crippen molar-refractivity contribution < 1.29 is 14.3 Å². The van der Waals surface area contributed by atoms with Crippen molar-refractivity contribution in [3.8, 4) is 23.0 Å². The van der Waals surface area contributed by atoms with Crippen LogP contribution in [0.1, 0.15) is 43.9 Å². The number of ether oxygens (including phenoxy) is 1. The lowest BCUT2D eigenvalue weighted by molar-refractivity contribution is 0.249. The number of nitrogens with zero attached hydrogens (tertiary/aromatic N) is 3. The molecule has 0 spiro atoms.